The van der Waals surface area contributed by atoms with Crippen LogP contribution in [0.1, 0.15) is 30.1 Å². The summed E-state index contributed by atoms with van der Waals surface area (Å²) in [7, 11) is 1.16. The van der Waals surface area contributed by atoms with Gasteiger partial charge in [0, 0.05) is 18.8 Å². The minimum Gasteiger partial charge on any atom is -0.497 e. The van der Waals surface area contributed by atoms with Gasteiger partial charge in [0.25, 0.3) is 0 Å². The van der Waals surface area contributed by atoms with Gasteiger partial charge in [-0.25, -0.2) is 18.1 Å². The fourth-order valence-electron chi connectivity index (χ4n) is 3.13. The van der Waals surface area contributed by atoms with Crippen molar-refractivity contribution in [2.24, 2.45) is 7.05 Å². The second-order valence-corrected chi connectivity index (χ2v) is 7.76. The van der Waals surface area contributed by atoms with E-state index in [9.17, 15) is 8.42 Å². The normalized spacial score (nSPS) is 14.2. The summed E-state index contributed by atoms with van der Waals surface area (Å²) in [4.78, 5) is 4.68. The van der Waals surface area contributed by atoms with Crippen LogP contribution >= 0.6 is 0 Å². The minimum atomic E-state index is -3.73. The lowest BCUT2D eigenvalue weighted by molar-refractivity contribution is 0.386. The number of rotatable bonds is 6. The maximum atomic E-state index is 12.7. The number of methoxy groups -OCH3 is 2. The van der Waals surface area contributed by atoms with Crippen LogP contribution in [-0.2, 0) is 36.5 Å². The topological polar surface area (TPSA) is 82.5 Å². The van der Waals surface area contributed by atoms with Crippen LogP contribution in [0.2, 0.25) is 0 Å². The summed E-state index contributed by atoms with van der Waals surface area (Å²) in [5.74, 6) is 1.50. The Morgan fingerprint density at radius 3 is 2.64 bits per heavy atom. The summed E-state index contributed by atoms with van der Waals surface area (Å²) in [6, 6.07) is 4.62. The highest BCUT2D eigenvalue weighted by atomic mass is 32.2. The van der Waals surface area contributed by atoms with Gasteiger partial charge in [0.05, 0.1) is 26.5 Å². The molecule has 7 nitrogen and oxygen atoms in total. The highest BCUT2D eigenvalue weighted by Crippen LogP contribution is 2.28. The Bertz CT molecular complexity index is 874. The minimum absolute atomic E-state index is 0.0785. The number of aryl methyl sites for hydroxylation is 1. The van der Waals surface area contributed by atoms with Crippen molar-refractivity contribution >= 4 is 10.0 Å². The number of aromatic nitrogens is 2. The van der Waals surface area contributed by atoms with E-state index in [-0.39, 0.29) is 17.2 Å². The fourth-order valence-corrected chi connectivity index (χ4v) is 4.26. The molecular formula is C17H23N3O4S. The summed E-state index contributed by atoms with van der Waals surface area (Å²) in [6.07, 6.45) is 4.25. The molecule has 1 aromatic heterocycles. The van der Waals surface area contributed by atoms with Crippen LogP contribution in [0.25, 0.3) is 0 Å². The average Bonchev–Trinajstić information content (AvgIpc) is 2.95. The molecule has 1 heterocycles. The first-order chi connectivity index (χ1) is 12.0. The molecule has 1 aliphatic rings. The molecule has 25 heavy (non-hydrogen) atoms. The van der Waals surface area contributed by atoms with Crippen molar-refractivity contribution in [3.05, 3.63) is 35.4 Å². The van der Waals surface area contributed by atoms with Gasteiger partial charge >= 0.3 is 0 Å². The van der Waals surface area contributed by atoms with Crippen molar-refractivity contribution in [3.63, 3.8) is 0 Å². The Labute approximate surface area is 148 Å². The largest absolute Gasteiger partial charge is 0.497 e. The zero-order valence-corrected chi connectivity index (χ0v) is 15.5. The van der Waals surface area contributed by atoms with E-state index < -0.39 is 10.0 Å². The second kappa shape index (κ2) is 7.05. The summed E-state index contributed by atoms with van der Waals surface area (Å²) in [5, 5.41) is 0. The van der Waals surface area contributed by atoms with Crippen LogP contribution in [0.5, 0.6) is 11.5 Å². The van der Waals surface area contributed by atoms with Crippen molar-refractivity contribution in [3.8, 4) is 11.5 Å². The molecule has 0 bridgehead atoms. The number of fused-ring (bicyclic) bond motifs is 1. The molecule has 1 aliphatic carbocycles. The van der Waals surface area contributed by atoms with Gasteiger partial charge in [-0.1, -0.05) is 0 Å². The van der Waals surface area contributed by atoms with Crippen LogP contribution in [0, 0.1) is 0 Å². The molecule has 0 radical (unpaired) electrons. The number of ether oxygens (including phenoxy) is 2. The monoisotopic (exact) mass is 365 g/mol. The van der Waals surface area contributed by atoms with Crippen LogP contribution in [0.3, 0.4) is 0 Å². The first-order valence-electron chi connectivity index (χ1n) is 8.21. The standard InChI is InChI=1S/C17H23N3O4S/c1-20-14-7-5-4-6-13(14)19-17(20)11-18-25(21,22)16-9-8-12(23-2)10-15(16)24-3/h8-10,18H,4-7,11H2,1-3H3. The van der Waals surface area contributed by atoms with Crippen molar-refractivity contribution in [2.45, 2.75) is 37.1 Å². The predicted molar refractivity (Wildman–Crippen MR) is 93.4 cm³/mol. The van der Waals surface area contributed by atoms with E-state index in [0.29, 0.717) is 5.75 Å². The third-order valence-corrected chi connectivity index (χ3v) is 5.99. The zero-order chi connectivity index (χ0) is 18.0. The Morgan fingerprint density at radius 1 is 1.20 bits per heavy atom. The lowest BCUT2D eigenvalue weighted by Gasteiger charge is -2.13. The van der Waals surface area contributed by atoms with E-state index in [2.05, 4.69) is 9.71 Å². The molecule has 136 valence electrons. The summed E-state index contributed by atoms with van der Waals surface area (Å²) < 4.78 is 40.3. The Kier molecular flexibility index (Phi) is 5.01. The van der Waals surface area contributed by atoms with Crippen molar-refractivity contribution in [1.82, 2.24) is 14.3 Å². The van der Waals surface area contributed by atoms with Crippen LogP contribution in [0.15, 0.2) is 23.1 Å². The van der Waals surface area contributed by atoms with Crippen molar-refractivity contribution in [2.75, 3.05) is 14.2 Å². The van der Waals surface area contributed by atoms with E-state index in [1.165, 1.54) is 26.0 Å². The van der Waals surface area contributed by atoms with Gasteiger partial charge in [-0.05, 0) is 37.8 Å². The van der Waals surface area contributed by atoms with Crippen molar-refractivity contribution in [1.29, 1.82) is 0 Å². The number of benzene rings is 1. The highest BCUT2D eigenvalue weighted by Gasteiger charge is 2.22. The second-order valence-electron chi connectivity index (χ2n) is 6.03. The van der Waals surface area contributed by atoms with Crippen LogP contribution in [-0.4, -0.2) is 32.2 Å². The quantitative estimate of drug-likeness (QED) is 0.844. The van der Waals surface area contributed by atoms with Gasteiger partial charge in [0.2, 0.25) is 10.0 Å². The smallest absolute Gasteiger partial charge is 0.244 e. The molecule has 0 saturated heterocycles. The average molecular weight is 365 g/mol. The molecule has 2 aromatic rings. The van der Waals surface area contributed by atoms with E-state index in [1.54, 1.807) is 12.1 Å². The molecule has 8 heteroatoms. The number of nitrogens with one attached hydrogen (secondary N) is 1. The number of hydrogen-bond donors (Lipinski definition) is 1. The number of hydrogen-bond acceptors (Lipinski definition) is 5. The maximum absolute atomic E-state index is 12.7. The van der Waals surface area contributed by atoms with E-state index >= 15 is 0 Å². The summed E-state index contributed by atoms with van der Waals surface area (Å²) in [6.45, 7) is 0.140. The van der Waals surface area contributed by atoms with Crippen molar-refractivity contribution < 1.29 is 17.9 Å². The van der Waals surface area contributed by atoms with Gasteiger partial charge in [-0.3, -0.25) is 0 Å². The van der Waals surface area contributed by atoms with Gasteiger partial charge in [-0.15, -0.1) is 0 Å². The Morgan fingerprint density at radius 2 is 1.96 bits per heavy atom. The molecule has 0 aliphatic heterocycles. The van der Waals surface area contributed by atoms with Gasteiger partial charge in [0.1, 0.15) is 22.2 Å². The number of sulfonamides is 1. The molecule has 3 rings (SSSR count). The molecule has 0 atom stereocenters. The molecular weight excluding hydrogens is 342 g/mol. The molecule has 0 unspecified atom stereocenters. The predicted octanol–water partition coefficient (Wildman–Crippen LogP) is 1.79. The molecule has 0 fully saturated rings. The third kappa shape index (κ3) is 3.50. The summed E-state index contributed by atoms with van der Waals surface area (Å²) >= 11 is 0. The zero-order valence-electron chi connectivity index (χ0n) is 14.7. The van der Waals surface area contributed by atoms with Gasteiger partial charge < -0.3 is 14.0 Å². The van der Waals surface area contributed by atoms with Gasteiger partial charge in [-0.2, -0.15) is 0 Å². The molecule has 1 N–H and O–H groups in total. The SMILES string of the molecule is COc1ccc(S(=O)(=O)NCc2nc3c(n2C)CCCC3)c(OC)c1. The molecule has 0 spiro atoms. The first kappa shape index (κ1) is 17.8. The van der Waals surface area contributed by atoms with Crippen LogP contribution in [0.4, 0.5) is 0 Å². The first-order valence-corrected chi connectivity index (χ1v) is 9.69. The molecule has 1 aromatic carbocycles. The highest BCUT2D eigenvalue weighted by molar-refractivity contribution is 7.89. The molecule has 0 amide bonds. The van der Waals surface area contributed by atoms with E-state index in [1.807, 2.05) is 11.6 Å². The lowest BCUT2D eigenvalue weighted by Crippen LogP contribution is -2.25. The Hall–Kier alpha value is -2.06. The summed E-state index contributed by atoms with van der Waals surface area (Å²) in [5.41, 5.74) is 2.30. The maximum Gasteiger partial charge on any atom is 0.244 e. The van der Waals surface area contributed by atoms with E-state index in [4.69, 9.17) is 9.47 Å². The van der Waals surface area contributed by atoms with Crippen LogP contribution < -0.4 is 14.2 Å². The molecule has 0 saturated carbocycles. The van der Waals surface area contributed by atoms with Gasteiger partial charge in [0.15, 0.2) is 0 Å². The third-order valence-electron chi connectivity index (χ3n) is 4.55. The lowest BCUT2D eigenvalue weighted by atomic mass is 10.0. The fraction of sp³-hybridized carbons (Fsp3) is 0.471. The van der Waals surface area contributed by atoms with E-state index in [0.717, 1.165) is 37.2 Å². The Balaban J connectivity index is 1.82. The number of imidazole rings is 1. The number of nitrogens with zero attached hydrogens (tertiary/aromatic N) is 2.